The topological polar surface area (TPSA) is 0 Å². The minimum absolute atomic E-state index is 1.27. The first-order chi connectivity index (χ1) is 37.3. The molecule has 14 aromatic rings. The average Bonchev–Trinajstić information content (AvgIpc) is 3.77. The van der Waals surface area contributed by atoms with Gasteiger partial charge >= 0.3 is 0 Å². The smallest absolute Gasteiger partial charge is 0.0619 e. The van der Waals surface area contributed by atoms with E-state index in [1.807, 2.05) is 0 Å². The van der Waals surface area contributed by atoms with E-state index in [4.69, 9.17) is 0 Å². The first kappa shape index (κ1) is 43.7. The highest BCUT2D eigenvalue weighted by atomic mass is 28.3. The second kappa shape index (κ2) is 15.9. The van der Waals surface area contributed by atoms with Gasteiger partial charge in [-0.15, -0.1) is 0 Å². The fourth-order valence-corrected chi connectivity index (χ4v) is 20.7. The van der Waals surface area contributed by atoms with Crippen LogP contribution in [-0.2, 0) is 0 Å². The molecular weight excluding hydrogens is 945 g/mol. The van der Waals surface area contributed by atoms with Gasteiger partial charge in [-0.25, -0.2) is 0 Å². The van der Waals surface area contributed by atoms with Crippen LogP contribution in [0.2, 0.25) is 26.2 Å². The molecule has 0 atom stereocenters. The van der Waals surface area contributed by atoms with Crippen LogP contribution in [0.4, 0.5) is 0 Å². The molecule has 356 valence electrons. The third-order valence-corrected chi connectivity index (χ3v) is 25.0. The van der Waals surface area contributed by atoms with Crippen LogP contribution in [0, 0.1) is 0 Å². The molecule has 0 fully saturated rings. The van der Waals surface area contributed by atoms with Gasteiger partial charge in [-0.1, -0.05) is 269 Å². The van der Waals surface area contributed by atoms with Gasteiger partial charge in [-0.05, 0) is 163 Å². The summed E-state index contributed by atoms with van der Waals surface area (Å²) in [5, 5.41) is 24.5. The summed E-state index contributed by atoms with van der Waals surface area (Å²) in [5.74, 6) is 0. The maximum Gasteiger partial charge on any atom is 0.113 e. The standard InChI is InChI=1S/C74H52Si2/c1-75(2)65-37-19-36-63-73-62-41-39-48(70-56-28-11-15-32-60(56)72(61-33-16-12-29-57(61)70)53-35-18-23-46-21-6-8-25-50(46)53)43-67(62)76(3,4)68(73)44-64(74(63)65)51-40-38-47(42-66(51)75)69-54-26-9-13-30-58(54)71(59-31-14-10-27-55(59)69)52-34-17-22-45-20-5-7-24-49(45)52/h5-44H,1-4H3. The van der Waals surface area contributed by atoms with Crippen molar-refractivity contribution in [2.75, 3.05) is 0 Å². The number of hydrogen-bond donors (Lipinski definition) is 0. The minimum atomic E-state index is -2.25. The van der Waals surface area contributed by atoms with Crippen LogP contribution >= 0.6 is 0 Å². The summed E-state index contributed by atoms with van der Waals surface area (Å²) < 4.78 is 0. The fraction of sp³-hybridized carbons (Fsp3) is 0.0541. The molecule has 0 saturated carbocycles. The molecule has 0 bridgehead atoms. The molecule has 76 heavy (non-hydrogen) atoms. The van der Waals surface area contributed by atoms with Gasteiger partial charge < -0.3 is 0 Å². The fourth-order valence-electron chi connectivity index (χ4n) is 14.5. The van der Waals surface area contributed by atoms with Gasteiger partial charge in [0.25, 0.3) is 0 Å². The lowest BCUT2D eigenvalue weighted by Gasteiger charge is -2.35. The van der Waals surface area contributed by atoms with E-state index in [0.717, 1.165) is 0 Å². The Morgan fingerprint density at radius 3 is 1.04 bits per heavy atom. The maximum atomic E-state index is 2.67. The normalized spacial score (nSPS) is 14.0. The summed E-state index contributed by atoms with van der Waals surface area (Å²) in [4.78, 5) is 0. The van der Waals surface area contributed by atoms with E-state index in [-0.39, 0.29) is 0 Å². The van der Waals surface area contributed by atoms with Gasteiger partial charge in [0.2, 0.25) is 0 Å². The van der Waals surface area contributed by atoms with E-state index < -0.39 is 16.1 Å². The van der Waals surface area contributed by atoms with Gasteiger partial charge in [0, 0.05) is 0 Å². The van der Waals surface area contributed by atoms with Crippen molar-refractivity contribution in [1.29, 1.82) is 0 Å². The highest BCUT2D eigenvalue weighted by Crippen LogP contribution is 2.49. The first-order valence-electron chi connectivity index (χ1n) is 27.0. The van der Waals surface area contributed by atoms with Crippen LogP contribution in [0.25, 0.3) is 142 Å². The molecule has 0 saturated heterocycles. The summed E-state index contributed by atoms with van der Waals surface area (Å²) in [5.41, 5.74) is 16.2. The zero-order valence-electron chi connectivity index (χ0n) is 43.1. The van der Waals surface area contributed by atoms with E-state index in [2.05, 4.69) is 269 Å². The van der Waals surface area contributed by atoms with Crippen LogP contribution < -0.4 is 20.7 Å². The molecule has 0 radical (unpaired) electrons. The van der Waals surface area contributed by atoms with Gasteiger partial charge in [0.15, 0.2) is 0 Å². The quantitative estimate of drug-likeness (QED) is 0.122. The average molecular weight is 997 g/mol. The second-order valence-corrected chi connectivity index (χ2v) is 31.2. The predicted molar refractivity (Wildman–Crippen MR) is 335 cm³/mol. The van der Waals surface area contributed by atoms with Crippen molar-refractivity contribution in [3.8, 4) is 66.8 Å². The van der Waals surface area contributed by atoms with Crippen LogP contribution in [0.15, 0.2) is 243 Å². The van der Waals surface area contributed by atoms with E-state index in [1.165, 1.54) is 153 Å². The monoisotopic (exact) mass is 996 g/mol. The van der Waals surface area contributed by atoms with Crippen LogP contribution in [0.3, 0.4) is 0 Å². The zero-order chi connectivity index (χ0) is 50.6. The second-order valence-electron chi connectivity index (χ2n) is 22.6. The van der Waals surface area contributed by atoms with E-state index in [9.17, 15) is 0 Å². The van der Waals surface area contributed by atoms with Crippen molar-refractivity contribution < 1.29 is 0 Å². The van der Waals surface area contributed by atoms with Crippen LogP contribution in [0.1, 0.15) is 0 Å². The summed E-state index contributed by atoms with van der Waals surface area (Å²) in [6.07, 6.45) is 0. The summed E-state index contributed by atoms with van der Waals surface area (Å²) in [6.45, 7) is 10.4. The maximum absolute atomic E-state index is 2.67. The van der Waals surface area contributed by atoms with E-state index >= 15 is 0 Å². The molecule has 2 aliphatic heterocycles. The van der Waals surface area contributed by atoms with Gasteiger partial charge in [-0.3, -0.25) is 0 Å². The van der Waals surface area contributed by atoms with Crippen molar-refractivity contribution in [3.63, 3.8) is 0 Å². The lowest BCUT2D eigenvalue weighted by Crippen LogP contribution is -2.56. The number of hydrogen-bond acceptors (Lipinski definition) is 0. The molecule has 0 aromatic heterocycles. The Balaban J connectivity index is 0.877. The van der Waals surface area contributed by atoms with Crippen LogP contribution in [-0.4, -0.2) is 16.1 Å². The van der Waals surface area contributed by atoms with E-state index in [0.29, 0.717) is 0 Å². The summed E-state index contributed by atoms with van der Waals surface area (Å²) >= 11 is 0. The zero-order valence-corrected chi connectivity index (χ0v) is 45.1. The van der Waals surface area contributed by atoms with E-state index in [1.54, 1.807) is 10.4 Å². The van der Waals surface area contributed by atoms with Crippen molar-refractivity contribution >= 4 is 112 Å². The van der Waals surface area contributed by atoms with Crippen molar-refractivity contribution in [2.45, 2.75) is 26.2 Å². The first-order valence-corrected chi connectivity index (χ1v) is 33.0. The lowest BCUT2D eigenvalue weighted by molar-refractivity contribution is 1.62. The minimum Gasteiger partial charge on any atom is -0.0619 e. The van der Waals surface area contributed by atoms with Gasteiger partial charge in [0.05, 0.1) is 0 Å². The molecule has 0 N–H and O–H groups in total. The van der Waals surface area contributed by atoms with Crippen molar-refractivity contribution in [3.05, 3.63) is 243 Å². The van der Waals surface area contributed by atoms with Crippen molar-refractivity contribution in [1.82, 2.24) is 0 Å². The Labute approximate surface area is 445 Å². The molecule has 2 heteroatoms. The van der Waals surface area contributed by atoms with Gasteiger partial charge in [0.1, 0.15) is 16.1 Å². The number of fused-ring (bicyclic) bond motifs is 12. The van der Waals surface area contributed by atoms with Crippen molar-refractivity contribution in [2.24, 2.45) is 0 Å². The Bertz CT molecular complexity index is 4750. The predicted octanol–water partition coefficient (Wildman–Crippen LogP) is 18.0. The Morgan fingerprint density at radius 2 is 0.566 bits per heavy atom. The molecular formula is C74H52Si2. The molecule has 0 amide bonds. The third kappa shape index (κ3) is 5.94. The molecule has 2 aliphatic rings. The molecule has 0 unspecified atom stereocenters. The summed E-state index contributed by atoms with van der Waals surface area (Å²) in [7, 11) is -4.51. The highest BCUT2D eigenvalue weighted by Gasteiger charge is 2.43. The third-order valence-electron chi connectivity index (χ3n) is 18.0. The SMILES string of the molecule is C[Si]1(C)c2cc(-c3c4ccccc4c(-c4cccc5ccccc45)c4ccccc34)ccc2-c2c1cc1c3c(cccc23)[Si](C)(C)c2cc(-c3c4ccccc4c(-c4cccc5ccccc45)c4ccccc34)ccc2-1. The molecule has 16 rings (SSSR count). The Morgan fingerprint density at radius 1 is 0.211 bits per heavy atom. The highest BCUT2D eigenvalue weighted by molar-refractivity contribution is 7.05. The largest absolute Gasteiger partial charge is 0.113 e. The molecule has 14 aromatic carbocycles. The summed E-state index contributed by atoms with van der Waals surface area (Å²) in [6, 6.07) is 92.8. The van der Waals surface area contributed by atoms with Gasteiger partial charge in [-0.2, -0.15) is 0 Å². The number of rotatable bonds is 4. The molecule has 0 nitrogen and oxygen atoms in total. The Kier molecular flexibility index (Phi) is 9.16. The lowest BCUT2D eigenvalue weighted by atomic mass is 9.84. The molecule has 0 aliphatic carbocycles. The van der Waals surface area contributed by atoms with Crippen LogP contribution in [0.5, 0.6) is 0 Å². The number of benzene rings is 14. The molecule has 2 heterocycles. The Hall–Kier alpha value is -8.67. The molecule has 0 spiro atoms.